The van der Waals surface area contributed by atoms with Crippen LogP contribution in [-0.2, 0) is 0 Å². The summed E-state index contributed by atoms with van der Waals surface area (Å²) in [5.74, 6) is 0.385. The van der Waals surface area contributed by atoms with Gasteiger partial charge in [-0.2, -0.15) is 13.2 Å². The van der Waals surface area contributed by atoms with E-state index < -0.39 is 11.7 Å². The van der Waals surface area contributed by atoms with Crippen LogP contribution in [0.1, 0.15) is 16.7 Å². The number of phenols is 2. The number of alkyl halides is 3. The molecule has 0 saturated carbocycles. The summed E-state index contributed by atoms with van der Waals surface area (Å²) in [5.41, 5.74) is -0.322. The van der Waals surface area contributed by atoms with Crippen LogP contribution in [0.15, 0.2) is 72.8 Å². The van der Waals surface area contributed by atoms with Crippen molar-refractivity contribution in [3.05, 3.63) is 89.5 Å². The second kappa shape index (κ2) is 9.78. The Morgan fingerprint density at radius 3 is 1.62 bits per heavy atom. The Hall–Kier alpha value is -3.45. The van der Waals surface area contributed by atoms with Gasteiger partial charge >= 0.3 is 6.18 Å². The molecule has 168 valence electrons. The maximum Gasteiger partial charge on any atom is 0.417 e. The molecular formula is C25H24F3NO3. The molecule has 2 N–H and O–H groups in total. The normalized spacial score (nSPS) is 12.6. The zero-order valence-corrected chi connectivity index (χ0v) is 17.7. The fraction of sp³-hybridized carbons (Fsp3) is 0.200. The van der Waals surface area contributed by atoms with Crippen LogP contribution in [0.5, 0.6) is 17.2 Å². The van der Waals surface area contributed by atoms with Crippen LogP contribution in [0.2, 0.25) is 0 Å². The first-order valence-electron chi connectivity index (χ1n) is 9.93. The van der Waals surface area contributed by atoms with Crippen LogP contribution < -0.4 is 4.74 Å². The number of allylic oxidation sites excluding steroid dienone is 1. The molecule has 0 amide bonds. The predicted molar refractivity (Wildman–Crippen MR) is 119 cm³/mol. The largest absolute Gasteiger partial charge is 0.508 e. The molecule has 3 aromatic carbocycles. The molecule has 0 saturated heterocycles. The molecule has 7 heteroatoms. The van der Waals surface area contributed by atoms with Crippen LogP contribution in [0.25, 0.3) is 11.1 Å². The molecule has 0 aliphatic heterocycles. The molecule has 0 atom stereocenters. The summed E-state index contributed by atoms with van der Waals surface area (Å²) in [5, 5.41) is 19.2. The number of aromatic hydroxyl groups is 2. The Bertz CT molecular complexity index is 1060. The standard InChI is InChI=1S/C25H24F3NO3/c1-29(2)15-16-32-22-13-7-18(8-14-22)23(17-3-9-20(30)10-4-17)24(25(26,27)28)19-5-11-21(31)12-6-19/h3-14,30-31H,15-16H2,1-2H3/b24-23-. The van der Waals surface area contributed by atoms with E-state index in [0.29, 0.717) is 30.0 Å². The summed E-state index contributed by atoms with van der Waals surface area (Å²) in [6.07, 6.45) is -4.68. The first-order chi connectivity index (χ1) is 15.1. The first kappa shape index (κ1) is 23.2. The van der Waals surface area contributed by atoms with E-state index in [1.54, 1.807) is 24.3 Å². The molecule has 3 aromatic rings. The Kier molecular flexibility index (Phi) is 7.10. The summed E-state index contributed by atoms with van der Waals surface area (Å²) in [7, 11) is 3.84. The van der Waals surface area contributed by atoms with Crippen molar-refractivity contribution < 1.29 is 28.1 Å². The molecular weight excluding hydrogens is 419 g/mol. The molecule has 0 fully saturated rings. The van der Waals surface area contributed by atoms with Crippen LogP contribution in [-0.4, -0.2) is 48.5 Å². The smallest absolute Gasteiger partial charge is 0.417 e. The highest BCUT2D eigenvalue weighted by Crippen LogP contribution is 2.43. The van der Waals surface area contributed by atoms with Crippen molar-refractivity contribution >= 4 is 11.1 Å². The third-order valence-corrected chi connectivity index (χ3v) is 4.80. The second-order valence-electron chi connectivity index (χ2n) is 7.52. The van der Waals surface area contributed by atoms with E-state index in [1.807, 2.05) is 19.0 Å². The quantitative estimate of drug-likeness (QED) is 0.470. The summed E-state index contributed by atoms with van der Waals surface area (Å²) in [6, 6.07) is 16.9. The van der Waals surface area contributed by atoms with Crippen molar-refractivity contribution in [2.75, 3.05) is 27.2 Å². The van der Waals surface area contributed by atoms with E-state index in [-0.39, 0.29) is 22.6 Å². The number of halogens is 3. The molecule has 0 bridgehead atoms. The summed E-state index contributed by atoms with van der Waals surface area (Å²) >= 11 is 0. The van der Waals surface area contributed by atoms with Crippen molar-refractivity contribution in [1.29, 1.82) is 0 Å². The number of nitrogens with zero attached hydrogens (tertiary/aromatic N) is 1. The highest BCUT2D eigenvalue weighted by atomic mass is 19.4. The molecule has 4 nitrogen and oxygen atoms in total. The summed E-state index contributed by atoms with van der Waals surface area (Å²) in [4.78, 5) is 1.97. The van der Waals surface area contributed by atoms with E-state index in [4.69, 9.17) is 4.74 Å². The van der Waals surface area contributed by atoms with E-state index in [2.05, 4.69) is 0 Å². The zero-order valence-electron chi connectivity index (χ0n) is 17.7. The Balaban J connectivity index is 2.14. The number of hydrogen-bond acceptors (Lipinski definition) is 4. The van der Waals surface area contributed by atoms with Gasteiger partial charge in [-0.05, 0) is 67.2 Å². The molecule has 0 aliphatic rings. The van der Waals surface area contributed by atoms with Gasteiger partial charge in [0, 0.05) is 12.1 Å². The average Bonchev–Trinajstić information content (AvgIpc) is 2.73. The molecule has 0 heterocycles. The van der Waals surface area contributed by atoms with Crippen molar-refractivity contribution in [2.24, 2.45) is 0 Å². The van der Waals surface area contributed by atoms with E-state index in [1.165, 1.54) is 48.5 Å². The molecule has 0 spiro atoms. The van der Waals surface area contributed by atoms with E-state index in [9.17, 15) is 23.4 Å². The van der Waals surface area contributed by atoms with E-state index in [0.717, 1.165) is 0 Å². The lowest BCUT2D eigenvalue weighted by atomic mass is 9.89. The third kappa shape index (κ3) is 5.82. The monoisotopic (exact) mass is 443 g/mol. The minimum Gasteiger partial charge on any atom is -0.508 e. The van der Waals surface area contributed by atoms with Gasteiger partial charge in [0.2, 0.25) is 0 Å². The van der Waals surface area contributed by atoms with Crippen molar-refractivity contribution in [2.45, 2.75) is 6.18 Å². The molecule has 0 aromatic heterocycles. The summed E-state index contributed by atoms with van der Waals surface area (Å²) < 4.78 is 48.6. The van der Waals surface area contributed by atoms with Crippen molar-refractivity contribution in [3.8, 4) is 17.2 Å². The van der Waals surface area contributed by atoms with Crippen LogP contribution in [0.4, 0.5) is 13.2 Å². The van der Waals surface area contributed by atoms with Gasteiger partial charge in [0.25, 0.3) is 0 Å². The van der Waals surface area contributed by atoms with Crippen LogP contribution >= 0.6 is 0 Å². The maximum absolute atomic E-state index is 14.3. The lowest BCUT2D eigenvalue weighted by molar-refractivity contribution is -0.0685. The Labute approximate surface area is 184 Å². The van der Waals surface area contributed by atoms with Crippen LogP contribution in [0.3, 0.4) is 0 Å². The van der Waals surface area contributed by atoms with Gasteiger partial charge in [0.1, 0.15) is 23.9 Å². The number of ether oxygens (including phenoxy) is 1. The van der Waals surface area contributed by atoms with E-state index >= 15 is 0 Å². The van der Waals surface area contributed by atoms with Gasteiger partial charge in [-0.15, -0.1) is 0 Å². The molecule has 0 aliphatic carbocycles. The van der Waals surface area contributed by atoms with Crippen LogP contribution in [0, 0.1) is 0 Å². The predicted octanol–water partition coefficient (Wildman–Crippen LogP) is 5.56. The Morgan fingerprint density at radius 2 is 1.19 bits per heavy atom. The Morgan fingerprint density at radius 1 is 0.750 bits per heavy atom. The fourth-order valence-electron chi connectivity index (χ4n) is 3.23. The highest BCUT2D eigenvalue weighted by Gasteiger charge is 2.38. The maximum atomic E-state index is 14.3. The minimum atomic E-state index is -4.68. The number of hydrogen-bond donors (Lipinski definition) is 2. The average molecular weight is 443 g/mol. The SMILES string of the molecule is CN(C)CCOc1ccc(/C(=C(/c2ccc(O)cc2)C(F)(F)F)c2ccc(O)cc2)cc1. The highest BCUT2D eigenvalue weighted by molar-refractivity contribution is 6.00. The first-order valence-corrected chi connectivity index (χ1v) is 9.93. The van der Waals surface area contributed by atoms with Gasteiger partial charge in [-0.3, -0.25) is 0 Å². The second-order valence-corrected chi connectivity index (χ2v) is 7.52. The van der Waals surface area contributed by atoms with Crippen molar-refractivity contribution in [3.63, 3.8) is 0 Å². The van der Waals surface area contributed by atoms with Gasteiger partial charge < -0.3 is 19.8 Å². The summed E-state index contributed by atoms with van der Waals surface area (Å²) in [6.45, 7) is 1.16. The fourth-order valence-corrected chi connectivity index (χ4v) is 3.23. The van der Waals surface area contributed by atoms with Gasteiger partial charge in [0.15, 0.2) is 0 Å². The van der Waals surface area contributed by atoms with Gasteiger partial charge in [-0.1, -0.05) is 36.4 Å². The molecule has 3 rings (SSSR count). The molecule has 32 heavy (non-hydrogen) atoms. The zero-order chi connectivity index (χ0) is 23.3. The number of rotatable bonds is 7. The molecule has 0 radical (unpaired) electrons. The number of likely N-dealkylation sites (N-methyl/N-ethyl adjacent to an activating group) is 1. The van der Waals surface area contributed by atoms with Crippen molar-refractivity contribution in [1.82, 2.24) is 4.90 Å². The lowest BCUT2D eigenvalue weighted by Gasteiger charge is -2.20. The van der Waals surface area contributed by atoms with Gasteiger partial charge in [-0.25, -0.2) is 0 Å². The van der Waals surface area contributed by atoms with Gasteiger partial charge in [0.05, 0.1) is 5.57 Å². The lowest BCUT2D eigenvalue weighted by Crippen LogP contribution is -2.19. The third-order valence-electron chi connectivity index (χ3n) is 4.80. The molecule has 0 unspecified atom stereocenters. The minimum absolute atomic E-state index is 0.0389. The topological polar surface area (TPSA) is 52.9 Å². The number of phenolic OH excluding ortho intramolecular Hbond substituents is 2. The number of benzene rings is 3.